The third-order valence-corrected chi connectivity index (χ3v) is 2.83. The van der Waals surface area contributed by atoms with Gasteiger partial charge in [0.15, 0.2) is 0 Å². The molecule has 2 rings (SSSR count). The minimum atomic E-state index is -0.216. The molecule has 21 heavy (non-hydrogen) atoms. The molecule has 2 aromatic rings. The Bertz CT molecular complexity index is 575. The van der Waals surface area contributed by atoms with Gasteiger partial charge in [-0.15, -0.1) is 0 Å². The highest BCUT2D eigenvalue weighted by Gasteiger charge is 2.03. The molecule has 0 aromatic carbocycles. The molecule has 0 spiro atoms. The van der Waals surface area contributed by atoms with E-state index in [9.17, 15) is 4.79 Å². The number of nitrogens with one attached hydrogen (secondary N) is 2. The molecule has 0 aliphatic carbocycles. The van der Waals surface area contributed by atoms with Crippen molar-refractivity contribution < 1.29 is 9.53 Å². The topological polar surface area (TPSA) is 76.1 Å². The van der Waals surface area contributed by atoms with Crippen molar-refractivity contribution in [2.45, 2.75) is 6.54 Å². The van der Waals surface area contributed by atoms with Crippen LogP contribution in [0.1, 0.15) is 5.56 Å². The van der Waals surface area contributed by atoms with Gasteiger partial charge in [-0.25, -0.2) is 4.79 Å². The number of ether oxygens (including phenoxy) is 1. The van der Waals surface area contributed by atoms with Crippen LogP contribution < -0.4 is 10.6 Å². The standard InChI is InChI=1S/C15H18N4O2/c1-21-8-7-18-15(20)19-10-12-4-6-17-14(9-12)13-3-2-5-16-11-13/h2-6,9,11H,7-8,10H2,1H3,(H2,18,19,20). The molecule has 0 radical (unpaired) electrons. The van der Waals surface area contributed by atoms with E-state index in [0.717, 1.165) is 16.8 Å². The molecule has 2 N–H and O–H groups in total. The van der Waals surface area contributed by atoms with Crippen LogP contribution in [0.3, 0.4) is 0 Å². The monoisotopic (exact) mass is 286 g/mol. The summed E-state index contributed by atoms with van der Waals surface area (Å²) in [4.78, 5) is 19.9. The van der Waals surface area contributed by atoms with E-state index in [1.165, 1.54) is 0 Å². The second kappa shape index (κ2) is 7.96. The maximum atomic E-state index is 11.5. The lowest BCUT2D eigenvalue weighted by atomic mass is 10.1. The van der Waals surface area contributed by atoms with Crippen molar-refractivity contribution in [1.82, 2.24) is 20.6 Å². The third kappa shape index (κ3) is 4.85. The molecule has 0 saturated carbocycles. The van der Waals surface area contributed by atoms with E-state index in [4.69, 9.17) is 4.74 Å². The molecule has 6 nitrogen and oxygen atoms in total. The van der Waals surface area contributed by atoms with Crippen LogP contribution in [0, 0.1) is 0 Å². The average molecular weight is 286 g/mol. The summed E-state index contributed by atoms with van der Waals surface area (Å²) in [6.07, 6.45) is 5.21. The zero-order valence-electron chi connectivity index (χ0n) is 11.9. The van der Waals surface area contributed by atoms with Crippen molar-refractivity contribution in [2.75, 3.05) is 20.3 Å². The maximum Gasteiger partial charge on any atom is 0.315 e. The quantitative estimate of drug-likeness (QED) is 0.791. The first-order chi connectivity index (χ1) is 10.3. The van der Waals surface area contributed by atoms with Gasteiger partial charge in [0.1, 0.15) is 0 Å². The number of carbonyl (C=O) groups excluding carboxylic acids is 1. The Morgan fingerprint density at radius 1 is 1.29 bits per heavy atom. The van der Waals surface area contributed by atoms with Gasteiger partial charge in [0, 0.05) is 44.4 Å². The Labute approximate surface area is 123 Å². The summed E-state index contributed by atoms with van der Waals surface area (Å²) < 4.78 is 4.86. The second-order valence-electron chi connectivity index (χ2n) is 4.39. The van der Waals surface area contributed by atoms with Crippen molar-refractivity contribution in [2.24, 2.45) is 0 Å². The fourth-order valence-electron chi connectivity index (χ4n) is 1.77. The number of aromatic nitrogens is 2. The number of rotatable bonds is 6. The molecule has 0 atom stereocenters. The summed E-state index contributed by atoms with van der Waals surface area (Å²) in [5, 5.41) is 5.49. The Hall–Kier alpha value is -2.47. The van der Waals surface area contributed by atoms with Crippen LogP contribution in [0.4, 0.5) is 4.79 Å². The summed E-state index contributed by atoms with van der Waals surface area (Å²) in [6, 6.07) is 7.41. The zero-order chi connectivity index (χ0) is 14.9. The summed E-state index contributed by atoms with van der Waals surface area (Å²) >= 11 is 0. The molecular formula is C15H18N4O2. The summed E-state index contributed by atoms with van der Waals surface area (Å²) in [7, 11) is 1.59. The minimum Gasteiger partial charge on any atom is -0.383 e. The van der Waals surface area contributed by atoms with Crippen molar-refractivity contribution in [1.29, 1.82) is 0 Å². The Balaban J connectivity index is 1.91. The molecule has 110 valence electrons. The summed E-state index contributed by atoms with van der Waals surface area (Å²) in [6.45, 7) is 1.42. The van der Waals surface area contributed by atoms with E-state index >= 15 is 0 Å². The van der Waals surface area contributed by atoms with E-state index in [1.54, 1.807) is 25.7 Å². The molecule has 0 bridgehead atoms. The fraction of sp³-hybridized carbons (Fsp3) is 0.267. The highest BCUT2D eigenvalue weighted by Crippen LogP contribution is 2.15. The van der Waals surface area contributed by atoms with E-state index in [-0.39, 0.29) is 6.03 Å². The number of methoxy groups -OCH3 is 1. The molecule has 0 saturated heterocycles. The van der Waals surface area contributed by atoms with Crippen molar-refractivity contribution in [3.63, 3.8) is 0 Å². The molecule has 2 amide bonds. The van der Waals surface area contributed by atoms with Crippen LogP contribution in [-0.2, 0) is 11.3 Å². The average Bonchev–Trinajstić information content (AvgIpc) is 2.54. The maximum absolute atomic E-state index is 11.5. The Morgan fingerprint density at radius 2 is 2.19 bits per heavy atom. The molecular weight excluding hydrogens is 268 g/mol. The number of amides is 2. The van der Waals surface area contributed by atoms with Gasteiger partial charge in [-0.05, 0) is 29.8 Å². The van der Waals surface area contributed by atoms with E-state index in [2.05, 4.69) is 20.6 Å². The van der Waals surface area contributed by atoms with Crippen LogP contribution in [-0.4, -0.2) is 36.3 Å². The van der Waals surface area contributed by atoms with E-state index < -0.39 is 0 Å². The first-order valence-corrected chi connectivity index (χ1v) is 6.65. The fourth-order valence-corrected chi connectivity index (χ4v) is 1.77. The molecule has 2 heterocycles. The Morgan fingerprint density at radius 3 is 2.95 bits per heavy atom. The lowest BCUT2D eigenvalue weighted by Crippen LogP contribution is -2.36. The number of carbonyl (C=O) groups is 1. The van der Waals surface area contributed by atoms with Crippen molar-refractivity contribution in [3.8, 4) is 11.3 Å². The summed E-state index contributed by atoms with van der Waals surface area (Å²) in [5.74, 6) is 0. The smallest absolute Gasteiger partial charge is 0.315 e. The number of urea groups is 1. The van der Waals surface area contributed by atoms with Crippen LogP contribution in [0.5, 0.6) is 0 Å². The minimum absolute atomic E-state index is 0.216. The van der Waals surface area contributed by atoms with E-state index in [1.807, 2.05) is 24.3 Å². The second-order valence-corrected chi connectivity index (χ2v) is 4.39. The van der Waals surface area contributed by atoms with Gasteiger partial charge in [-0.2, -0.15) is 0 Å². The van der Waals surface area contributed by atoms with Gasteiger partial charge in [0.2, 0.25) is 0 Å². The lowest BCUT2D eigenvalue weighted by Gasteiger charge is -2.08. The molecule has 6 heteroatoms. The van der Waals surface area contributed by atoms with Crippen molar-refractivity contribution >= 4 is 6.03 Å². The molecule has 0 unspecified atom stereocenters. The highest BCUT2D eigenvalue weighted by molar-refractivity contribution is 5.73. The lowest BCUT2D eigenvalue weighted by molar-refractivity contribution is 0.196. The number of hydrogen-bond donors (Lipinski definition) is 2. The van der Waals surface area contributed by atoms with Gasteiger partial charge in [0.05, 0.1) is 12.3 Å². The molecule has 2 aromatic heterocycles. The van der Waals surface area contributed by atoms with Gasteiger partial charge in [0.25, 0.3) is 0 Å². The van der Waals surface area contributed by atoms with Gasteiger partial charge in [-0.1, -0.05) is 0 Å². The SMILES string of the molecule is COCCNC(=O)NCc1ccnc(-c2cccnc2)c1. The predicted octanol–water partition coefficient (Wildman–Crippen LogP) is 1.59. The highest BCUT2D eigenvalue weighted by atomic mass is 16.5. The van der Waals surface area contributed by atoms with Gasteiger partial charge < -0.3 is 15.4 Å². The normalized spacial score (nSPS) is 10.1. The Kier molecular flexibility index (Phi) is 5.66. The predicted molar refractivity (Wildman–Crippen MR) is 79.6 cm³/mol. The van der Waals surface area contributed by atoms with Crippen LogP contribution in [0.2, 0.25) is 0 Å². The third-order valence-electron chi connectivity index (χ3n) is 2.83. The number of pyridine rings is 2. The van der Waals surface area contributed by atoms with Gasteiger partial charge in [-0.3, -0.25) is 9.97 Å². The number of hydrogen-bond acceptors (Lipinski definition) is 4. The molecule has 0 fully saturated rings. The molecule has 0 aliphatic heterocycles. The van der Waals surface area contributed by atoms with E-state index in [0.29, 0.717) is 19.7 Å². The number of nitrogens with zero attached hydrogens (tertiary/aromatic N) is 2. The first kappa shape index (κ1) is 14.9. The largest absolute Gasteiger partial charge is 0.383 e. The van der Waals surface area contributed by atoms with Gasteiger partial charge >= 0.3 is 6.03 Å². The van der Waals surface area contributed by atoms with Crippen LogP contribution >= 0.6 is 0 Å². The molecule has 0 aliphatic rings. The first-order valence-electron chi connectivity index (χ1n) is 6.65. The van der Waals surface area contributed by atoms with Crippen molar-refractivity contribution in [3.05, 3.63) is 48.4 Å². The van der Waals surface area contributed by atoms with Crippen LogP contribution in [0.15, 0.2) is 42.9 Å². The summed E-state index contributed by atoms with van der Waals surface area (Å²) in [5.41, 5.74) is 2.76. The van der Waals surface area contributed by atoms with Crippen LogP contribution in [0.25, 0.3) is 11.3 Å². The zero-order valence-corrected chi connectivity index (χ0v) is 11.9.